The van der Waals surface area contributed by atoms with Gasteiger partial charge in [0.1, 0.15) is 0 Å². The third-order valence-electron chi connectivity index (χ3n) is 4.87. The molecule has 4 nitrogen and oxygen atoms in total. The van der Waals surface area contributed by atoms with E-state index in [9.17, 15) is 9.59 Å². The predicted octanol–water partition coefficient (Wildman–Crippen LogP) is 4.38. The van der Waals surface area contributed by atoms with E-state index in [-0.39, 0.29) is 5.91 Å². The fourth-order valence-electron chi connectivity index (χ4n) is 3.18. The fraction of sp³-hybridized carbons (Fsp3) is 0.333. The van der Waals surface area contributed by atoms with Gasteiger partial charge in [-0.25, -0.2) is 0 Å². The number of carbonyl (C=O) groups is 2. The molecule has 0 spiro atoms. The van der Waals surface area contributed by atoms with Crippen LogP contribution in [0.5, 0.6) is 0 Å². The van der Waals surface area contributed by atoms with E-state index >= 15 is 0 Å². The monoisotopic (exact) mass is 337 g/mol. The number of hydrogen-bond donors (Lipinski definition) is 1. The maximum atomic E-state index is 12.8. The molecule has 2 aromatic rings. The Morgan fingerprint density at radius 3 is 2.56 bits per heavy atom. The number of carboxylic acid groups (broad SMARTS) is 1. The summed E-state index contributed by atoms with van der Waals surface area (Å²) in [6.45, 7) is 4.39. The summed E-state index contributed by atoms with van der Waals surface area (Å²) < 4.78 is 0. The minimum Gasteiger partial charge on any atom is -0.481 e. The molecule has 1 aliphatic heterocycles. The van der Waals surface area contributed by atoms with Crippen LogP contribution < -0.4 is 4.90 Å². The van der Waals surface area contributed by atoms with Crippen LogP contribution in [0.4, 0.5) is 5.69 Å². The van der Waals surface area contributed by atoms with E-state index in [4.69, 9.17) is 5.11 Å². The van der Waals surface area contributed by atoms with Gasteiger partial charge < -0.3 is 10.0 Å². The van der Waals surface area contributed by atoms with E-state index in [1.54, 1.807) is 24.0 Å². The number of hydrogen-bond acceptors (Lipinski definition) is 2. The molecule has 0 saturated heterocycles. The highest BCUT2D eigenvalue weighted by Gasteiger charge is 2.28. The maximum Gasteiger partial charge on any atom is 0.310 e. The molecule has 0 aliphatic carbocycles. The van der Waals surface area contributed by atoms with Crippen LogP contribution in [-0.4, -0.2) is 17.0 Å². The molecule has 1 heterocycles. The Kier molecular flexibility index (Phi) is 4.88. The molecule has 1 amide bonds. The van der Waals surface area contributed by atoms with Crippen LogP contribution in [0.3, 0.4) is 0 Å². The molecule has 130 valence electrons. The Hall–Kier alpha value is -2.62. The van der Waals surface area contributed by atoms with Crippen molar-refractivity contribution in [2.45, 2.75) is 45.6 Å². The first-order chi connectivity index (χ1) is 12.0. The molecule has 0 saturated carbocycles. The normalized spacial score (nSPS) is 14.5. The lowest BCUT2D eigenvalue weighted by Crippen LogP contribution is -2.23. The molecular weight excluding hydrogens is 314 g/mol. The molecule has 2 aromatic carbocycles. The molecule has 1 N–H and O–H groups in total. The highest BCUT2D eigenvalue weighted by Crippen LogP contribution is 2.30. The standard InChI is InChI=1S/C21H23NO3/c1-3-4-5-15-6-7-17-13-22(20(23)19(17)12-15)18-10-8-16(9-11-18)14(2)21(24)25/h6-12,14H,3-5,13H2,1-2H3,(H,24,25). The highest BCUT2D eigenvalue weighted by molar-refractivity contribution is 6.10. The number of aryl methyl sites for hydroxylation is 1. The average Bonchev–Trinajstić information content (AvgIpc) is 2.95. The molecule has 0 aromatic heterocycles. The van der Waals surface area contributed by atoms with Gasteiger partial charge in [0.05, 0.1) is 12.5 Å². The van der Waals surface area contributed by atoms with Crippen LogP contribution in [0.25, 0.3) is 0 Å². The third kappa shape index (κ3) is 3.43. The van der Waals surface area contributed by atoms with Crippen LogP contribution in [0.1, 0.15) is 59.7 Å². The van der Waals surface area contributed by atoms with Gasteiger partial charge in [-0.05, 0) is 54.7 Å². The third-order valence-corrected chi connectivity index (χ3v) is 4.87. The summed E-state index contributed by atoms with van der Waals surface area (Å²) in [6.07, 6.45) is 3.26. The zero-order valence-electron chi connectivity index (χ0n) is 14.7. The predicted molar refractivity (Wildman–Crippen MR) is 98.1 cm³/mol. The van der Waals surface area contributed by atoms with Crippen molar-refractivity contribution < 1.29 is 14.7 Å². The lowest BCUT2D eigenvalue weighted by Gasteiger charge is -2.17. The summed E-state index contributed by atoms with van der Waals surface area (Å²) in [5, 5.41) is 9.10. The van der Waals surface area contributed by atoms with Crippen molar-refractivity contribution in [3.05, 3.63) is 64.7 Å². The highest BCUT2D eigenvalue weighted by atomic mass is 16.4. The second kappa shape index (κ2) is 7.09. The van der Waals surface area contributed by atoms with Crippen LogP contribution in [0.15, 0.2) is 42.5 Å². The van der Waals surface area contributed by atoms with Crippen LogP contribution in [0, 0.1) is 0 Å². The molecule has 1 unspecified atom stereocenters. The number of carbonyl (C=O) groups excluding carboxylic acids is 1. The van der Waals surface area contributed by atoms with Gasteiger partial charge in [-0.15, -0.1) is 0 Å². The Morgan fingerprint density at radius 1 is 1.20 bits per heavy atom. The summed E-state index contributed by atoms with van der Waals surface area (Å²) in [4.78, 5) is 25.6. The van der Waals surface area contributed by atoms with Gasteiger partial charge in [-0.1, -0.05) is 37.6 Å². The Bertz CT molecular complexity index is 795. The number of aliphatic carboxylic acids is 1. The van der Waals surface area contributed by atoms with Crippen molar-refractivity contribution in [2.75, 3.05) is 4.90 Å². The maximum absolute atomic E-state index is 12.8. The van der Waals surface area contributed by atoms with E-state index in [0.29, 0.717) is 6.54 Å². The van der Waals surface area contributed by atoms with Crippen molar-refractivity contribution >= 4 is 17.6 Å². The molecule has 1 aliphatic rings. The first-order valence-electron chi connectivity index (χ1n) is 8.77. The number of rotatable bonds is 6. The Morgan fingerprint density at radius 2 is 1.92 bits per heavy atom. The van der Waals surface area contributed by atoms with Gasteiger partial charge >= 0.3 is 5.97 Å². The quantitative estimate of drug-likeness (QED) is 0.851. The van der Waals surface area contributed by atoms with E-state index < -0.39 is 11.9 Å². The summed E-state index contributed by atoms with van der Waals surface area (Å²) in [6, 6.07) is 13.4. The summed E-state index contributed by atoms with van der Waals surface area (Å²) in [5.41, 5.74) is 4.59. The SMILES string of the molecule is CCCCc1ccc2c(c1)C(=O)N(c1ccc(C(C)C(=O)O)cc1)C2. The lowest BCUT2D eigenvalue weighted by molar-refractivity contribution is -0.138. The lowest BCUT2D eigenvalue weighted by atomic mass is 10.0. The van der Waals surface area contributed by atoms with Crippen molar-refractivity contribution in [1.82, 2.24) is 0 Å². The van der Waals surface area contributed by atoms with E-state index in [0.717, 1.165) is 41.6 Å². The number of anilines is 1. The van der Waals surface area contributed by atoms with Gasteiger partial charge in [0.25, 0.3) is 5.91 Å². The number of nitrogens with zero attached hydrogens (tertiary/aromatic N) is 1. The van der Waals surface area contributed by atoms with Crippen molar-refractivity contribution in [2.24, 2.45) is 0 Å². The smallest absolute Gasteiger partial charge is 0.310 e. The van der Waals surface area contributed by atoms with Crippen molar-refractivity contribution in [1.29, 1.82) is 0 Å². The Labute approximate surface area is 148 Å². The number of fused-ring (bicyclic) bond motifs is 1. The first kappa shape index (κ1) is 17.2. The minimum atomic E-state index is -0.850. The second-order valence-corrected chi connectivity index (χ2v) is 6.64. The van der Waals surface area contributed by atoms with Gasteiger partial charge in [0, 0.05) is 11.3 Å². The van der Waals surface area contributed by atoms with E-state index in [1.807, 2.05) is 18.2 Å². The Balaban J connectivity index is 1.80. The molecule has 25 heavy (non-hydrogen) atoms. The number of amides is 1. The number of carboxylic acids is 1. The largest absolute Gasteiger partial charge is 0.481 e. The topological polar surface area (TPSA) is 57.6 Å². The van der Waals surface area contributed by atoms with Gasteiger partial charge in [-0.3, -0.25) is 9.59 Å². The van der Waals surface area contributed by atoms with Crippen molar-refractivity contribution in [3.8, 4) is 0 Å². The van der Waals surface area contributed by atoms with Crippen LogP contribution in [0.2, 0.25) is 0 Å². The molecule has 0 radical (unpaired) electrons. The van der Waals surface area contributed by atoms with Gasteiger partial charge in [0.2, 0.25) is 0 Å². The zero-order chi connectivity index (χ0) is 18.0. The number of unbranched alkanes of at least 4 members (excludes halogenated alkanes) is 1. The summed E-state index contributed by atoms with van der Waals surface area (Å²) in [5.74, 6) is -1.38. The molecule has 4 heteroatoms. The van der Waals surface area contributed by atoms with Crippen LogP contribution >= 0.6 is 0 Å². The van der Waals surface area contributed by atoms with E-state index in [2.05, 4.69) is 19.1 Å². The molecule has 0 bridgehead atoms. The minimum absolute atomic E-state index is 0.0207. The van der Waals surface area contributed by atoms with Gasteiger partial charge in [-0.2, -0.15) is 0 Å². The fourth-order valence-corrected chi connectivity index (χ4v) is 3.18. The average molecular weight is 337 g/mol. The number of benzene rings is 2. The summed E-state index contributed by atoms with van der Waals surface area (Å²) in [7, 11) is 0. The summed E-state index contributed by atoms with van der Waals surface area (Å²) >= 11 is 0. The second-order valence-electron chi connectivity index (χ2n) is 6.64. The van der Waals surface area contributed by atoms with E-state index in [1.165, 1.54) is 5.56 Å². The molecule has 1 atom stereocenters. The zero-order valence-corrected chi connectivity index (χ0v) is 14.7. The van der Waals surface area contributed by atoms with Crippen LogP contribution in [-0.2, 0) is 17.8 Å². The van der Waals surface area contributed by atoms with Gasteiger partial charge in [0.15, 0.2) is 0 Å². The van der Waals surface area contributed by atoms with Crippen molar-refractivity contribution in [3.63, 3.8) is 0 Å². The first-order valence-corrected chi connectivity index (χ1v) is 8.77. The molecule has 0 fully saturated rings. The molecule has 3 rings (SSSR count). The molecular formula is C21H23NO3.